The molecule has 0 radical (unpaired) electrons. The summed E-state index contributed by atoms with van der Waals surface area (Å²) >= 11 is 0. The van der Waals surface area contributed by atoms with Crippen LogP contribution in [0.1, 0.15) is 24.3 Å². The molecule has 2 N–H and O–H groups in total. The van der Waals surface area contributed by atoms with Gasteiger partial charge in [0, 0.05) is 12.4 Å². The minimum Gasteiger partial charge on any atom is -0.317 e. The summed E-state index contributed by atoms with van der Waals surface area (Å²) in [7, 11) is 0. The van der Waals surface area contributed by atoms with Crippen LogP contribution in [0.2, 0.25) is 0 Å². The van der Waals surface area contributed by atoms with Crippen LogP contribution in [0.3, 0.4) is 0 Å². The number of aromatic amines is 1. The normalized spacial score (nSPS) is 18.8. The summed E-state index contributed by atoms with van der Waals surface area (Å²) in [6.07, 6.45) is 5.74. The molecule has 0 aliphatic carbocycles. The third kappa shape index (κ3) is 1.95. The van der Waals surface area contributed by atoms with Crippen LogP contribution in [0.5, 0.6) is 0 Å². The SMILES string of the molecule is O=c1ncc(C2CCNCC2)c[nH]1. The van der Waals surface area contributed by atoms with Crippen molar-refractivity contribution in [1.82, 2.24) is 15.3 Å². The van der Waals surface area contributed by atoms with Crippen LogP contribution < -0.4 is 11.0 Å². The van der Waals surface area contributed by atoms with Crippen molar-refractivity contribution in [3.8, 4) is 0 Å². The van der Waals surface area contributed by atoms with Crippen LogP contribution in [0.25, 0.3) is 0 Å². The van der Waals surface area contributed by atoms with Crippen LogP contribution in [0.4, 0.5) is 0 Å². The van der Waals surface area contributed by atoms with Crippen molar-refractivity contribution in [2.75, 3.05) is 13.1 Å². The van der Waals surface area contributed by atoms with Gasteiger partial charge in [-0.25, -0.2) is 9.78 Å². The maximum absolute atomic E-state index is 10.7. The molecule has 0 amide bonds. The third-order valence-electron chi connectivity index (χ3n) is 2.50. The van der Waals surface area contributed by atoms with Crippen molar-refractivity contribution in [3.63, 3.8) is 0 Å². The summed E-state index contributed by atoms with van der Waals surface area (Å²) < 4.78 is 0. The largest absolute Gasteiger partial charge is 0.344 e. The summed E-state index contributed by atoms with van der Waals surface area (Å²) in [4.78, 5) is 17.1. The average molecular weight is 179 g/mol. The highest BCUT2D eigenvalue weighted by Crippen LogP contribution is 2.22. The smallest absolute Gasteiger partial charge is 0.317 e. The molecule has 4 heteroatoms. The molecule has 0 atom stereocenters. The standard InChI is InChI=1S/C9H13N3O/c13-9-11-5-8(6-12-9)7-1-3-10-4-2-7/h5-7,10H,1-4H2,(H,11,12,13). The lowest BCUT2D eigenvalue weighted by Gasteiger charge is -2.22. The van der Waals surface area contributed by atoms with Crippen molar-refractivity contribution >= 4 is 0 Å². The first kappa shape index (κ1) is 8.44. The molecule has 70 valence electrons. The number of nitrogens with one attached hydrogen (secondary N) is 2. The topological polar surface area (TPSA) is 57.8 Å². The zero-order valence-electron chi connectivity index (χ0n) is 7.42. The van der Waals surface area contributed by atoms with Crippen LogP contribution in [-0.4, -0.2) is 23.1 Å². The Morgan fingerprint density at radius 2 is 2.15 bits per heavy atom. The van der Waals surface area contributed by atoms with Gasteiger partial charge in [0.05, 0.1) is 0 Å². The van der Waals surface area contributed by atoms with Crippen molar-refractivity contribution in [2.24, 2.45) is 0 Å². The van der Waals surface area contributed by atoms with Crippen molar-refractivity contribution in [2.45, 2.75) is 18.8 Å². The minimum absolute atomic E-state index is 0.266. The number of rotatable bonds is 1. The molecule has 1 fully saturated rings. The van der Waals surface area contributed by atoms with Gasteiger partial charge in [0.15, 0.2) is 0 Å². The molecule has 0 bridgehead atoms. The van der Waals surface area contributed by atoms with Gasteiger partial charge in [-0.15, -0.1) is 0 Å². The van der Waals surface area contributed by atoms with Gasteiger partial charge in [0.25, 0.3) is 0 Å². The van der Waals surface area contributed by atoms with Crippen LogP contribution in [-0.2, 0) is 0 Å². The lowest BCUT2D eigenvalue weighted by Crippen LogP contribution is -2.27. The fourth-order valence-corrected chi connectivity index (χ4v) is 1.73. The maximum atomic E-state index is 10.7. The van der Waals surface area contributed by atoms with E-state index in [0.717, 1.165) is 31.5 Å². The molecule has 0 spiro atoms. The third-order valence-corrected chi connectivity index (χ3v) is 2.50. The summed E-state index contributed by atoms with van der Waals surface area (Å²) in [5, 5.41) is 3.30. The highest BCUT2D eigenvalue weighted by Gasteiger charge is 2.14. The van der Waals surface area contributed by atoms with E-state index in [1.165, 1.54) is 0 Å². The average Bonchev–Trinajstić information content (AvgIpc) is 2.20. The molecule has 0 saturated carbocycles. The predicted octanol–water partition coefficient (Wildman–Crippen LogP) is 0.237. The molecule has 2 heterocycles. The molecule has 4 nitrogen and oxygen atoms in total. The van der Waals surface area contributed by atoms with Gasteiger partial charge in [-0.1, -0.05) is 0 Å². The summed E-state index contributed by atoms with van der Waals surface area (Å²) in [5.74, 6) is 0.561. The quantitative estimate of drug-likeness (QED) is 0.649. The number of H-pyrrole nitrogens is 1. The summed E-state index contributed by atoms with van der Waals surface area (Å²) in [6, 6.07) is 0. The van der Waals surface area contributed by atoms with E-state index >= 15 is 0 Å². The summed E-state index contributed by atoms with van der Waals surface area (Å²) in [6.45, 7) is 2.12. The highest BCUT2D eigenvalue weighted by atomic mass is 16.1. The van der Waals surface area contributed by atoms with E-state index in [-0.39, 0.29) is 5.69 Å². The van der Waals surface area contributed by atoms with Crippen LogP contribution in [0.15, 0.2) is 17.2 Å². The van der Waals surface area contributed by atoms with Crippen LogP contribution >= 0.6 is 0 Å². The monoisotopic (exact) mass is 179 g/mol. The van der Waals surface area contributed by atoms with E-state index in [9.17, 15) is 4.79 Å². The fourth-order valence-electron chi connectivity index (χ4n) is 1.73. The maximum Gasteiger partial charge on any atom is 0.344 e. The zero-order chi connectivity index (χ0) is 9.10. The lowest BCUT2D eigenvalue weighted by molar-refractivity contribution is 0.458. The predicted molar refractivity (Wildman–Crippen MR) is 49.7 cm³/mol. The summed E-state index contributed by atoms with van der Waals surface area (Å²) in [5.41, 5.74) is 0.888. The molecule has 0 unspecified atom stereocenters. The first-order valence-corrected chi connectivity index (χ1v) is 4.61. The lowest BCUT2D eigenvalue weighted by atomic mass is 9.92. The molecule has 0 aromatic carbocycles. The van der Waals surface area contributed by atoms with Gasteiger partial charge in [-0.3, -0.25) is 0 Å². The Hall–Kier alpha value is -1.16. The van der Waals surface area contributed by atoms with Gasteiger partial charge in [-0.05, 0) is 37.4 Å². The first-order valence-electron chi connectivity index (χ1n) is 4.61. The molecule has 1 aromatic rings. The number of aromatic nitrogens is 2. The van der Waals surface area contributed by atoms with E-state index in [0.29, 0.717) is 5.92 Å². The number of nitrogens with zero attached hydrogens (tertiary/aromatic N) is 1. The van der Waals surface area contributed by atoms with Crippen molar-refractivity contribution < 1.29 is 0 Å². The number of hydrogen-bond acceptors (Lipinski definition) is 3. The molecule has 2 rings (SSSR count). The van der Waals surface area contributed by atoms with Gasteiger partial charge >= 0.3 is 5.69 Å². The van der Waals surface area contributed by atoms with E-state index < -0.39 is 0 Å². The van der Waals surface area contributed by atoms with Gasteiger partial charge < -0.3 is 10.3 Å². The van der Waals surface area contributed by atoms with Gasteiger partial charge in [0.2, 0.25) is 0 Å². The number of piperidine rings is 1. The Morgan fingerprint density at radius 3 is 2.77 bits per heavy atom. The molecule has 1 saturated heterocycles. The molecule has 1 aromatic heterocycles. The Labute approximate surface area is 76.4 Å². The van der Waals surface area contributed by atoms with Crippen LogP contribution in [0, 0.1) is 0 Å². The van der Waals surface area contributed by atoms with E-state index in [1.807, 2.05) is 0 Å². The van der Waals surface area contributed by atoms with E-state index in [1.54, 1.807) is 12.4 Å². The minimum atomic E-state index is -0.266. The Kier molecular flexibility index (Phi) is 2.40. The van der Waals surface area contributed by atoms with Crippen molar-refractivity contribution in [1.29, 1.82) is 0 Å². The molecule has 13 heavy (non-hydrogen) atoms. The Morgan fingerprint density at radius 1 is 1.38 bits per heavy atom. The second-order valence-corrected chi connectivity index (χ2v) is 3.38. The van der Waals surface area contributed by atoms with Gasteiger partial charge in [-0.2, -0.15) is 0 Å². The van der Waals surface area contributed by atoms with E-state index in [2.05, 4.69) is 15.3 Å². The molecule has 1 aliphatic heterocycles. The molecular formula is C9H13N3O. The highest BCUT2D eigenvalue weighted by molar-refractivity contribution is 5.10. The Balaban J connectivity index is 2.14. The van der Waals surface area contributed by atoms with E-state index in [4.69, 9.17) is 0 Å². The number of hydrogen-bond donors (Lipinski definition) is 2. The first-order chi connectivity index (χ1) is 6.36. The molecule has 1 aliphatic rings. The molecular weight excluding hydrogens is 166 g/mol. The van der Waals surface area contributed by atoms with Gasteiger partial charge in [0.1, 0.15) is 0 Å². The second-order valence-electron chi connectivity index (χ2n) is 3.38. The second kappa shape index (κ2) is 3.70. The fraction of sp³-hybridized carbons (Fsp3) is 0.556. The Bertz CT molecular complexity index is 307. The zero-order valence-corrected chi connectivity index (χ0v) is 7.42. The van der Waals surface area contributed by atoms with Crippen molar-refractivity contribution in [3.05, 3.63) is 28.4 Å².